The molecule has 4 aliphatic rings. The summed E-state index contributed by atoms with van der Waals surface area (Å²) in [5.41, 5.74) is 0.497. The lowest BCUT2D eigenvalue weighted by Crippen LogP contribution is -2.59. The van der Waals surface area contributed by atoms with Gasteiger partial charge in [-0.25, -0.2) is 0 Å². The molecule has 0 N–H and O–H groups in total. The normalized spacial score (nSPS) is 43.1. The van der Waals surface area contributed by atoms with Crippen LogP contribution in [-0.2, 0) is 9.31 Å². The minimum absolute atomic E-state index is 0.0175. The van der Waals surface area contributed by atoms with Crippen LogP contribution in [0.4, 0.5) is 0 Å². The van der Waals surface area contributed by atoms with Crippen molar-refractivity contribution in [3.8, 4) is 0 Å². The first-order chi connectivity index (χ1) is 10.1. The Morgan fingerprint density at radius 3 is 2.36 bits per heavy atom. The summed E-state index contributed by atoms with van der Waals surface area (Å²) in [5.74, 6) is 3.73. The van der Waals surface area contributed by atoms with Gasteiger partial charge >= 0.3 is 7.12 Å². The molecule has 0 aromatic carbocycles. The largest absolute Gasteiger partial charge is 0.461 e. The fourth-order valence-corrected chi connectivity index (χ4v) is 5.58. The van der Waals surface area contributed by atoms with Crippen LogP contribution in [0.25, 0.3) is 0 Å². The SMILES string of the molecule is CC(C)C[C@H]1CC(C)(C)OB([C@@H]2C[C@@H]3C[C@@H]([C@@H]2C)C3(C)C)O1. The monoisotopic (exact) mass is 306 g/mol. The van der Waals surface area contributed by atoms with Gasteiger partial charge in [-0.2, -0.15) is 0 Å². The molecule has 1 heterocycles. The second-order valence-electron chi connectivity index (χ2n) is 9.96. The van der Waals surface area contributed by atoms with E-state index in [0.717, 1.165) is 30.6 Å². The van der Waals surface area contributed by atoms with E-state index in [1.165, 1.54) is 12.8 Å². The van der Waals surface area contributed by atoms with E-state index in [1.807, 2.05) is 0 Å². The van der Waals surface area contributed by atoms with Crippen LogP contribution in [0.1, 0.15) is 74.1 Å². The van der Waals surface area contributed by atoms with Crippen LogP contribution >= 0.6 is 0 Å². The Balaban J connectivity index is 1.71. The molecule has 3 aliphatic carbocycles. The van der Waals surface area contributed by atoms with Crippen LogP contribution in [0, 0.1) is 29.1 Å². The lowest BCUT2D eigenvalue weighted by Gasteiger charge is -2.63. The minimum Gasteiger partial charge on any atom is -0.408 e. The molecule has 3 saturated carbocycles. The summed E-state index contributed by atoms with van der Waals surface area (Å²) in [4.78, 5) is 0. The zero-order valence-electron chi connectivity index (χ0n) is 15.7. The second kappa shape index (κ2) is 5.51. The van der Waals surface area contributed by atoms with Crippen molar-refractivity contribution in [2.24, 2.45) is 29.1 Å². The Labute approximate surface area is 137 Å². The first kappa shape index (κ1) is 16.8. The maximum atomic E-state index is 6.46. The van der Waals surface area contributed by atoms with Crippen LogP contribution in [0.2, 0.25) is 5.82 Å². The highest BCUT2D eigenvalue weighted by molar-refractivity contribution is 6.47. The molecule has 22 heavy (non-hydrogen) atoms. The zero-order valence-corrected chi connectivity index (χ0v) is 15.7. The van der Waals surface area contributed by atoms with Gasteiger partial charge in [-0.05, 0) is 74.4 Å². The molecule has 3 heteroatoms. The summed E-state index contributed by atoms with van der Waals surface area (Å²) in [6, 6.07) is 0. The Morgan fingerprint density at radius 1 is 1.14 bits per heavy atom. The van der Waals surface area contributed by atoms with Crippen molar-refractivity contribution < 1.29 is 9.31 Å². The van der Waals surface area contributed by atoms with Crippen molar-refractivity contribution >= 4 is 7.12 Å². The van der Waals surface area contributed by atoms with Crippen molar-refractivity contribution in [1.29, 1.82) is 0 Å². The standard InChI is InChI=1S/C19H35BO2/c1-12(2)8-15-11-18(4,5)22-20(21-15)17-10-14-9-16(13(17)3)19(14,6)7/h12-17H,8-11H2,1-7H3/t13-,14-,15-,16-,17+/m0/s1. The van der Waals surface area contributed by atoms with E-state index in [2.05, 4.69) is 48.5 Å². The average molecular weight is 306 g/mol. The fraction of sp³-hybridized carbons (Fsp3) is 1.00. The summed E-state index contributed by atoms with van der Waals surface area (Å²) in [6.45, 7) is 16.4. The van der Waals surface area contributed by atoms with E-state index in [9.17, 15) is 0 Å². The Bertz CT molecular complexity index is 418. The van der Waals surface area contributed by atoms with Gasteiger partial charge in [-0.1, -0.05) is 34.6 Å². The molecular weight excluding hydrogens is 271 g/mol. The van der Waals surface area contributed by atoms with Gasteiger partial charge < -0.3 is 9.31 Å². The first-order valence-corrected chi connectivity index (χ1v) is 9.43. The number of fused-ring (bicyclic) bond motifs is 2. The maximum Gasteiger partial charge on any atom is 0.461 e. The molecule has 4 fully saturated rings. The van der Waals surface area contributed by atoms with Crippen molar-refractivity contribution in [1.82, 2.24) is 0 Å². The van der Waals surface area contributed by atoms with E-state index in [1.54, 1.807) is 0 Å². The topological polar surface area (TPSA) is 18.5 Å². The molecule has 5 atom stereocenters. The van der Waals surface area contributed by atoms with E-state index in [4.69, 9.17) is 9.31 Å². The van der Waals surface area contributed by atoms with Gasteiger partial charge in [-0.15, -0.1) is 0 Å². The van der Waals surface area contributed by atoms with Crippen LogP contribution in [0.5, 0.6) is 0 Å². The van der Waals surface area contributed by atoms with Gasteiger partial charge in [0.05, 0.1) is 5.60 Å². The van der Waals surface area contributed by atoms with E-state index in [-0.39, 0.29) is 12.7 Å². The third kappa shape index (κ3) is 2.88. The van der Waals surface area contributed by atoms with Crippen molar-refractivity contribution in [3.63, 3.8) is 0 Å². The highest BCUT2D eigenvalue weighted by Crippen LogP contribution is 2.65. The maximum absolute atomic E-state index is 6.46. The van der Waals surface area contributed by atoms with Crippen molar-refractivity contribution in [3.05, 3.63) is 0 Å². The molecule has 0 amide bonds. The Morgan fingerprint density at radius 2 is 1.82 bits per heavy atom. The molecule has 0 unspecified atom stereocenters. The third-order valence-corrected chi connectivity index (χ3v) is 6.98. The predicted octanol–water partition coefficient (Wildman–Crippen LogP) is 5.18. The zero-order chi connectivity index (χ0) is 16.3. The third-order valence-electron chi connectivity index (χ3n) is 6.98. The number of rotatable bonds is 3. The predicted molar refractivity (Wildman–Crippen MR) is 92.8 cm³/mol. The summed E-state index contributed by atoms with van der Waals surface area (Å²) >= 11 is 0. The van der Waals surface area contributed by atoms with Gasteiger partial charge in [-0.3, -0.25) is 0 Å². The smallest absolute Gasteiger partial charge is 0.408 e. The summed E-state index contributed by atoms with van der Waals surface area (Å²) in [7, 11) is 0.0175. The van der Waals surface area contributed by atoms with Crippen LogP contribution in [0.15, 0.2) is 0 Å². The minimum atomic E-state index is -0.0423. The highest BCUT2D eigenvalue weighted by Gasteiger charge is 2.60. The van der Waals surface area contributed by atoms with Crippen molar-refractivity contribution in [2.75, 3.05) is 0 Å². The Hall–Kier alpha value is -0.0151. The molecule has 0 spiro atoms. The van der Waals surface area contributed by atoms with Gasteiger partial charge in [0.15, 0.2) is 0 Å². The molecule has 126 valence electrons. The second-order valence-corrected chi connectivity index (χ2v) is 9.96. The molecule has 4 rings (SSSR count). The summed E-state index contributed by atoms with van der Waals surface area (Å²) in [6.07, 6.45) is 5.27. The quantitative estimate of drug-likeness (QED) is 0.669. The lowest BCUT2D eigenvalue weighted by molar-refractivity contribution is -0.115. The molecule has 0 radical (unpaired) electrons. The molecule has 0 aromatic rings. The van der Waals surface area contributed by atoms with Gasteiger partial charge in [0.25, 0.3) is 0 Å². The fourth-order valence-electron chi connectivity index (χ4n) is 5.58. The molecule has 2 nitrogen and oxygen atoms in total. The average Bonchev–Trinajstić information content (AvgIpc) is 2.35. The summed E-state index contributed by atoms with van der Waals surface area (Å²) in [5, 5.41) is 0. The number of hydrogen-bond acceptors (Lipinski definition) is 2. The first-order valence-electron chi connectivity index (χ1n) is 9.43. The van der Waals surface area contributed by atoms with E-state index in [0.29, 0.717) is 23.3 Å². The number of hydrogen-bond donors (Lipinski definition) is 0. The van der Waals surface area contributed by atoms with Crippen LogP contribution in [-0.4, -0.2) is 18.8 Å². The molecular formula is C19H35BO2. The van der Waals surface area contributed by atoms with Crippen molar-refractivity contribution in [2.45, 2.75) is 91.7 Å². The lowest BCUT2D eigenvalue weighted by atomic mass is 9.38. The van der Waals surface area contributed by atoms with Gasteiger partial charge in [0.2, 0.25) is 0 Å². The molecule has 1 aliphatic heterocycles. The Kier molecular flexibility index (Phi) is 4.22. The molecule has 2 bridgehead atoms. The van der Waals surface area contributed by atoms with Crippen LogP contribution in [0.3, 0.4) is 0 Å². The van der Waals surface area contributed by atoms with Gasteiger partial charge in [0, 0.05) is 6.10 Å². The highest BCUT2D eigenvalue weighted by atomic mass is 16.6. The van der Waals surface area contributed by atoms with E-state index >= 15 is 0 Å². The molecule has 1 saturated heterocycles. The van der Waals surface area contributed by atoms with Crippen LogP contribution < -0.4 is 0 Å². The molecule has 0 aromatic heterocycles. The summed E-state index contributed by atoms with van der Waals surface area (Å²) < 4.78 is 12.9. The van der Waals surface area contributed by atoms with E-state index < -0.39 is 0 Å². The van der Waals surface area contributed by atoms with Gasteiger partial charge in [0.1, 0.15) is 0 Å².